The molecule has 1 heterocycles. The van der Waals surface area contributed by atoms with Crippen LogP contribution in [0.15, 0.2) is 36.4 Å². The van der Waals surface area contributed by atoms with Gasteiger partial charge in [0.2, 0.25) is 5.91 Å². The maximum atomic E-state index is 12.2. The molecule has 0 aromatic heterocycles. The Balaban J connectivity index is 1.77. The Labute approximate surface area is 127 Å². The fourth-order valence-electron chi connectivity index (χ4n) is 2.37. The number of rotatable bonds is 5. The third-order valence-electron chi connectivity index (χ3n) is 3.77. The van der Waals surface area contributed by atoms with Gasteiger partial charge in [0.1, 0.15) is 0 Å². The minimum absolute atomic E-state index is 0.117. The van der Waals surface area contributed by atoms with Crippen LogP contribution in [0.25, 0.3) is 6.08 Å². The van der Waals surface area contributed by atoms with E-state index < -0.39 is 0 Å². The van der Waals surface area contributed by atoms with Gasteiger partial charge in [0, 0.05) is 45.3 Å². The fourth-order valence-corrected chi connectivity index (χ4v) is 2.37. The summed E-state index contributed by atoms with van der Waals surface area (Å²) in [4.78, 5) is 18.7. The second-order valence-electron chi connectivity index (χ2n) is 5.71. The highest BCUT2D eigenvalue weighted by atomic mass is 16.2. The molecule has 114 valence electrons. The van der Waals surface area contributed by atoms with Gasteiger partial charge < -0.3 is 9.80 Å². The number of benzene rings is 1. The number of hydrogen-bond donors (Lipinski definition) is 0. The predicted octanol–water partition coefficient (Wildman–Crippen LogP) is 1.41. The molecule has 0 aliphatic carbocycles. The van der Waals surface area contributed by atoms with E-state index in [1.165, 1.54) is 0 Å². The number of carbonyl (C=O) groups excluding carboxylic acids is 1. The SMILES string of the molecule is CN(C)CCN1CCN(C(=O)/C=C/c2ccccc2)CC1. The maximum Gasteiger partial charge on any atom is 0.246 e. The number of hydrogen-bond acceptors (Lipinski definition) is 3. The molecule has 21 heavy (non-hydrogen) atoms. The maximum absolute atomic E-state index is 12.2. The van der Waals surface area contributed by atoms with E-state index in [-0.39, 0.29) is 5.91 Å². The van der Waals surface area contributed by atoms with Crippen molar-refractivity contribution in [3.63, 3.8) is 0 Å². The van der Waals surface area contributed by atoms with Crippen LogP contribution in [0.4, 0.5) is 0 Å². The van der Waals surface area contributed by atoms with Gasteiger partial charge in [0.05, 0.1) is 0 Å². The van der Waals surface area contributed by atoms with Crippen LogP contribution in [-0.2, 0) is 4.79 Å². The number of amides is 1. The van der Waals surface area contributed by atoms with Crippen LogP contribution in [-0.4, -0.2) is 74.0 Å². The Morgan fingerprint density at radius 2 is 1.81 bits per heavy atom. The van der Waals surface area contributed by atoms with Crippen molar-refractivity contribution in [3.8, 4) is 0 Å². The summed E-state index contributed by atoms with van der Waals surface area (Å²) in [6, 6.07) is 9.94. The second-order valence-corrected chi connectivity index (χ2v) is 5.71. The van der Waals surface area contributed by atoms with Gasteiger partial charge in [-0.25, -0.2) is 0 Å². The van der Waals surface area contributed by atoms with Crippen molar-refractivity contribution >= 4 is 12.0 Å². The molecule has 0 unspecified atom stereocenters. The first kappa shape index (κ1) is 15.7. The van der Waals surface area contributed by atoms with E-state index in [0.717, 1.165) is 44.8 Å². The first-order chi connectivity index (χ1) is 10.1. The van der Waals surface area contributed by atoms with E-state index >= 15 is 0 Å². The van der Waals surface area contributed by atoms with Crippen LogP contribution in [0.2, 0.25) is 0 Å². The molecule has 0 saturated carbocycles. The van der Waals surface area contributed by atoms with Crippen molar-refractivity contribution in [2.45, 2.75) is 0 Å². The molecule has 0 N–H and O–H groups in total. The lowest BCUT2D eigenvalue weighted by molar-refractivity contribution is -0.127. The minimum Gasteiger partial charge on any atom is -0.337 e. The smallest absolute Gasteiger partial charge is 0.246 e. The Hall–Kier alpha value is -1.65. The highest BCUT2D eigenvalue weighted by Crippen LogP contribution is 2.05. The highest BCUT2D eigenvalue weighted by molar-refractivity contribution is 5.91. The minimum atomic E-state index is 0.117. The van der Waals surface area contributed by atoms with E-state index in [4.69, 9.17) is 0 Å². The van der Waals surface area contributed by atoms with Gasteiger partial charge in [-0.1, -0.05) is 30.3 Å². The van der Waals surface area contributed by atoms with Crippen LogP contribution >= 0.6 is 0 Å². The van der Waals surface area contributed by atoms with Crippen molar-refractivity contribution in [3.05, 3.63) is 42.0 Å². The van der Waals surface area contributed by atoms with Crippen molar-refractivity contribution in [1.29, 1.82) is 0 Å². The molecular weight excluding hydrogens is 262 g/mol. The molecule has 0 spiro atoms. The molecule has 4 heteroatoms. The molecule has 1 amide bonds. The normalized spacial score (nSPS) is 16.8. The Kier molecular flexibility index (Phi) is 5.96. The molecule has 1 aromatic carbocycles. The summed E-state index contributed by atoms with van der Waals surface area (Å²) in [7, 11) is 4.18. The Morgan fingerprint density at radius 1 is 1.14 bits per heavy atom. The lowest BCUT2D eigenvalue weighted by Crippen LogP contribution is -2.49. The van der Waals surface area contributed by atoms with Gasteiger partial charge in [-0.15, -0.1) is 0 Å². The van der Waals surface area contributed by atoms with Crippen LogP contribution < -0.4 is 0 Å². The van der Waals surface area contributed by atoms with Crippen molar-refractivity contribution in [2.75, 3.05) is 53.4 Å². The first-order valence-electron chi connectivity index (χ1n) is 7.54. The molecule has 1 saturated heterocycles. The third-order valence-corrected chi connectivity index (χ3v) is 3.77. The van der Waals surface area contributed by atoms with Gasteiger partial charge >= 0.3 is 0 Å². The summed E-state index contributed by atoms with van der Waals surface area (Å²) >= 11 is 0. The van der Waals surface area contributed by atoms with Gasteiger partial charge in [-0.05, 0) is 25.7 Å². The van der Waals surface area contributed by atoms with Crippen LogP contribution in [0.3, 0.4) is 0 Å². The number of nitrogens with zero attached hydrogens (tertiary/aromatic N) is 3. The fraction of sp³-hybridized carbons (Fsp3) is 0.471. The van der Waals surface area contributed by atoms with E-state index in [0.29, 0.717) is 0 Å². The average Bonchev–Trinajstić information content (AvgIpc) is 2.52. The van der Waals surface area contributed by atoms with E-state index in [9.17, 15) is 4.79 Å². The number of piperazine rings is 1. The summed E-state index contributed by atoms with van der Waals surface area (Å²) in [6.07, 6.45) is 3.57. The Morgan fingerprint density at radius 3 is 2.43 bits per heavy atom. The molecule has 0 atom stereocenters. The molecule has 1 aliphatic rings. The zero-order valence-electron chi connectivity index (χ0n) is 13.0. The summed E-state index contributed by atoms with van der Waals surface area (Å²) in [5.74, 6) is 0.117. The van der Waals surface area contributed by atoms with Gasteiger partial charge in [0.15, 0.2) is 0 Å². The number of likely N-dealkylation sites (N-methyl/N-ethyl adjacent to an activating group) is 1. The molecule has 4 nitrogen and oxygen atoms in total. The van der Waals surface area contributed by atoms with Crippen LogP contribution in [0.5, 0.6) is 0 Å². The van der Waals surface area contributed by atoms with Crippen LogP contribution in [0.1, 0.15) is 5.56 Å². The van der Waals surface area contributed by atoms with Crippen molar-refractivity contribution in [2.24, 2.45) is 0 Å². The molecule has 1 aliphatic heterocycles. The molecule has 0 radical (unpaired) electrons. The zero-order chi connectivity index (χ0) is 15.1. The summed E-state index contributed by atoms with van der Waals surface area (Å²) in [5.41, 5.74) is 1.07. The largest absolute Gasteiger partial charge is 0.337 e. The molecular formula is C17H25N3O. The predicted molar refractivity (Wildman–Crippen MR) is 87.1 cm³/mol. The third kappa shape index (κ3) is 5.33. The molecule has 0 bridgehead atoms. The zero-order valence-corrected chi connectivity index (χ0v) is 13.0. The topological polar surface area (TPSA) is 26.8 Å². The lowest BCUT2D eigenvalue weighted by Gasteiger charge is -2.34. The average molecular weight is 287 g/mol. The van der Waals surface area contributed by atoms with E-state index in [1.54, 1.807) is 6.08 Å². The molecule has 1 aromatic rings. The molecule has 2 rings (SSSR count). The van der Waals surface area contributed by atoms with Gasteiger partial charge in [-0.3, -0.25) is 9.69 Å². The molecule has 1 fully saturated rings. The summed E-state index contributed by atoms with van der Waals surface area (Å²) < 4.78 is 0. The summed E-state index contributed by atoms with van der Waals surface area (Å²) in [5, 5.41) is 0. The van der Waals surface area contributed by atoms with Crippen molar-refractivity contribution in [1.82, 2.24) is 14.7 Å². The van der Waals surface area contributed by atoms with Crippen molar-refractivity contribution < 1.29 is 4.79 Å². The second kappa shape index (κ2) is 7.96. The van der Waals surface area contributed by atoms with E-state index in [2.05, 4.69) is 23.9 Å². The number of carbonyl (C=O) groups is 1. The summed E-state index contributed by atoms with van der Waals surface area (Å²) in [6.45, 7) is 5.74. The monoisotopic (exact) mass is 287 g/mol. The quantitative estimate of drug-likeness (QED) is 0.766. The van der Waals surface area contributed by atoms with Crippen LogP contribution in [0, 0.1) is 0 Å². The lowest BCUT2D eigenvalue weighted by atomic mass is 10.2. The highest BCUT2D eigenvalue weighted by Gasteiger charge is 2.19. The standard InChI is InChI=1S/C17H25N3O/c1-18(2)10-11-19-12-14-20(15-13-19)17(21)9-8-16-6-4-3-5-7-16/h3-9H,10-15H2,1-2H3/b9-8+. The first-order valence-corrected chi connectivity index (χ1v) is 7.54. The Bertz CT molecular complexity index is 462. The van der Waals surface area contributed by atoms with Gasteiger partial charge in [0.25, 0.3) is 0 Å². The van der Waals surface area contributed by atoms with E-state index in [1.807, 2.05) is 41.3 Å². The van der Waals surface area contributed by atoms with Gasteiger partial charge in [-0.2, -0.15) is 0 Å².